The number of benzene rings is 2. The second kappa shape index (κ2) is 6.41. The van der Waals surface area contributed by atoms with Gasteiger partial charge in [-0.05, 0) is 50.6 Å². The van der Waals surface area contributed by atoms with Crippen molar-refractivity contribution < 1.29 is 4.57 Å². The topological polar surface area (TPSA) is 7.12 Å². The zero-order valence-corrected chi connectivity index (χ0v) is 14.5. The van der Waals surface area contributed by atoms with E-state index in [0.29, 0.717) is 0 Å². The summed E-state index contributed by atoms with van der Waals surface area (Å²) < 4.78 is 2.30. The molecule has 1 aromatic heterocycles. The smallest absolute Gasteiger partial charge is 0.213 e. The molecule has 0 atom stereocenters. The Labute approximate surface area is 139 Å². The van der Waals surface area contributed by atoms with Gasteiger partial charge < -0.3 is 4.90 Å². The zero-order valence-electron chi connectivity index (χ0n) is 14.5. The van der Waals surface area contributed by atoms with Crippen molar-refractivity contribution in [3.8, 4) is 11.3 Å². The zero-order chi connectivity index (χ0) is 16.4. The van der Waals surface area contributed by atoms with Crippen LogP contribution in [0.15, 0.2) is 54.6 Å². The monoisotopic (exact) mass is 305 g/mol. The average molecular weight is 305 g/mol. The molecule has 2 nitrogen and oxygen atoms in total. The highest BCUT2D eigenvalue weighted by atomic mass is 15.1. The molecular formula is C21H25N2+. The van der Waals surface area contributed by atoms with E-state index in [2.05, 4.69) is 91.9 Å². The van der Waals surface area contributed by atoms with Gasteiger partial charge in [-0.15, -0.1) is 0 Å². The standard InChI is InChI=1S/C21H25N2/c1-5-23(6-2)18-13-11-16(3)19(15-18)21-14-12-17-9-7-8-10-20(17)22(21)4/h7-15H,5-6H2,1-4H3/q+1. The number of para-hydroxylation sites is 1. The summed E-state index contributed by atoms with van der Waals surface area (Å²) in [4.78, 5) is 2.39. The van der Waals surface area contributed by atoms with Crippen molar-refractivity contribution in [1.29, 1.82) is 0 Å². The SMILES string of the molecule is CCN(CC)c1ccc(C)c(-c2ccc3ccccc3[n+]2C)c1. The molecular weight excluding hydrogens is 280 g/mol. The third-order valence-corrected chi connectivity index (χ3v) is 4.71. The summed E-state index contributed by atoms with van der Waals surface area (Å²) in [5.74, 6) is 0. The molecule has 118 valence electrons. The Kier molecular flexibility index (Phi) is 4.33. The Bertz CT molecular complexity index is 832. The normalized spacial score (nSPS) is 11.0. The minimum atomic E-state index is 1.03. The highest BCUT2D eigenvalue weighted by Crippen LogP contribution is 2.27. The maximum atomic E-state index is 2.39. The number of rotatable bonds is 4. The molecule has 0 aliphatic heterocycles. The molecule has 0 aliphatic carbocycles. The molecule has 0 spiro atoms. The van der Waals surface area contributed by atoms with Gasteiger partial charge in [0.15, 0.2) is 0 Å². The predicted molar refractivity (Wildman–Crippen MR) is 98.9 cm³/mol. The molecule has 3 rings (SSSR count). The fourth-order valence-corrected chi connectivity index (χ4v) is 3.29. The van der Waals surface area contributed by atoms with E-state index in [-0.39, 0.29) is 0 Å². The van der Waals surface area contributed by atoms with Crippen molar-refractivity contribution in [3.63, 3.8) is 0 Å². The van der Waals surface area contributed by atoms with E-state index in [0.717, 1.165) is 13.1 Å². The predicted octanol–water partition coefficient (Wildman–Crippen LogP) is 4.49. The van der Waals surface area contributed by atoms with Gasteiger partial charge in [-0.25, -0.2) is 0 Å². The van der Waals surface area contributed by atoms with E-state index in [9.17, 15) is 0 Å². The Hall–Kier alpha value is -2.35. The Morgan fingerprint density at radius 3 is 2.39 bits per heavy atom. The third-order valence-electron chi connectivity index (χ3n) is 4.71. The summed E-state index contributed by atoms with van der Waals surface area (Å²) in [6.45, 7) is 8.67. The van der Waals surface area contributed by atoms with E-state index in [1.54, 1.807) is 0 Å². The highest BCUT2D eigenvalue weighted by Gasteiger charge is 2.16. The van der Waals surface area contributed by atoms with Gasteiger partial charge in [-0.2, -0.15) is 4.57 Å². The van der Waals surface area contributed by atoms with E-state index < -0.39 is 0 Å². The lowest BCUT2D eigenvalue weighted by Crippen LogP contribution is -2.32. The maximum absolute atomic E-state index is 2.39. The largest absolute Gasteiger partial charge is 0.372 e. The first-order valence-corrected chi connectivity index (χ1v) is 8.39. The van der Waals surface area contributed by atoms with Crippen molar-refractivity contribution >= 4 is 16.6 Å². The van der Waals surface area contributed by atoms with Crippen LogP contribution in [0.4, 0.5) is 5.69 Å². The third kappa shape index (κ3) is 2.81. The van der Waals surface area contributed by atoms with Crippen molar-refractivity contribution in [2.24, 2.45) is 7.05 Å². The number of hydrogen-bond donors (Lipinski definition) is 0. The van der Waals surface area contributed by atoms with Crippen molar-refractivity contribution in [1.82, 2.24) is 0 Å². The van der Waals surface area contributed by atoms with Crippen LogP contribution in [0.5, 0.6) is 0 Å². The van der Waals surface area contributed by atoms with E-state index in [1.807, 2.05) is 0 Å². The van der Waals surface area contributed by atoms with Gasteiger partial charge in [0.1, 0.15) is 7.05 Å². The first kappa shape index (κ1) is 15.5. The molecule has 0 saturated heterocycles. The van der Waals surface area contributed by atoms with Crippen LogP contribution in [0.3, 0.4) is 0 Å². The summed E-state index contributed by atoms with van der Waals surface area (Å²) in [6, 6.07) is 19.8. The van der Waals surface area contributed by atoms with E-state index in [4.69, 9.17) is 0 Å². The number of hydrogen-bond acceptors (Lipinski definition) is 1. The number of aromatic nitrogens is 1. The molecule has 1 heterocycles. The Morgan fingerprint density at radius 1 is 0.913 bits per heavy atom. The quantitative estimate of drug-likeness (QED) is 0.644. The molecule has 0 unspecified atom stereocenters. The van der Waals surface area contributed by atoms with Crippen molar-refractivity contribution in [2.75, 3.05) is 18.0 Å². The number of nitrogens with zero attached hydrogens (tertiary/aromatic N) is 2. The Morgan fingerprint density at radius 2 is 1.65 bits per heavy atom. The summed E-state index contributed by atoms with van der Waals surface area (Å²) >= 11 is 0. The lowest BCUT2D eigenvalue weighted by molar-refractivity contribution is -0.633. The van der Waals surface area contributed by atoms with Crippen molar-refractivity contribution in [3.05, 3.63) is 60.2 Å². The number of anilines is 1. The van der Waals surface area contributed by atoms with Gasteiger partial charge >= 0.3 is 0 Å². The fraction of sp³-hybridized carbons (Fsp3) is 0.286. The molecule has 2 aromatic carbocycles. The summed E-state index contributed by atoms with van der Waals surface area (Å²) in [5, 5.41) is 1.27. The van der Waals surface area contributed by atoms with E-state index >= 15 is 0 Å². The fourth-order valence-electron chi connectivity index (χ4n) is 3.29. The molecule has 0 bridgehead atoms. The summed E-state index contributed by atoms with van der Waals surface area (Å²) in [5.41, 5.74) is 6.44. The summed E-state index contributed by atoms with van der Waals surface area (Å²) in [7, 11) is 2.15. The van der Waals surface area contributed by atoms with Gasteiger partial charge in [0.05, 0.1) is 5.56 Å². The summed E-state index contributed by atoms with van der Waals surface area (Å²) in [6.07, 6.45) is 0. The van der Waals surface area contributed by atoms with E-state index in [1.165, 1.54) is 33.4 Å². The second-order valence-electron chi connectivity index (χ2n) is 6.01. The molecule has 0 fully saturated rings. The van der Waals surface area contributed by atoms with Crippen LogP contribution in [0.2, 0.25) is 0 Å². The minimum absolute atomic E-state index is 1.03. The number of fused-ring (bicyclic) bond motifs is 1. The van der Waals surface area contributed by atoms with Gasteiger partial charge in [0.2, 0.25) is 11.2 Å². The molecule has 23 heavy (non-hydrogen) atoms. The highest BCUT2D eigenvalue weighted by molar-refractivity contribution is 5.78. The number of aryl methyl sites for hydroxylation is 2. The molecule has 0 saturated carbocycles. The van der Waals surface area contributed by atoms with Crippen LogP contribution in [0.1, 0.15) is 19.4 Å². The van der Waals surface area contributed by atoms with Gasteiger partial charge in [0.25, 0.3) is 0 Å². The first-order valence-electron chi connectivity index (χ1n) is 8.39. The minimum Gasteiger partial charge on any atom is -0.372 e. The molecule has 0 radical (unpaired) electrons. The van der Waals surface area contributed by atoms with Crippen LogP contribution in [0.25, 0.3) is 22.2 Å². The second-order valence-corrected chi connectivity index (χ2v) is 6.01. The van der Waals surface area contributed by atoms with Gasteiger partial charge in [-0.3, -0.25) is 0 Å². The van der Waals surface area contributed by atoms with Crippen LogP contribution in [-0.2, 0) is 7.05 Å². The molecule has 0 amide bonds. The van der Waals surface area contributed by atoms with Crippen LogP contribution >= 0.6 is 0 Å². The van der Waals surface area contributed by atoms with Crippen LogP contribution in [-0.4, -0.2) is 13.1 Å². The van der Waals surface area contributed by atoms with Crippen LogP contribution in [0, 0.1) is 6.92 Å². The lowest BCUT2D eigenvalue weighted by Gasteiger charge is -2.22. The number of pyridine rings is 1. The maximum Gasteiger partial charge on any atom is 0.213 e. The average Bonchev–Trinajstić information content (AvgIpc) is 2.58. The molecule has 0 aliphatic rings. The first-order chi connectivity index (χ1) is 11.2. The van der Waals surface area contributed by atoms with Gasteiger partial charge in [-0.1, -0.05) is 18.2 Å². The van der Waals surface area contributed by atoms with Crippen LogP contribution < -0.4 is 9.47 Å². The molecule has 2 heteroatoms. The van der Waals surface area contributed by atoms with Crippen molar-refractivity contribution in [2.45, 2.75) is 20.8 Å². The molecule has 0 N–H and O–H groups in total. The Balaban J connectivity index is 2.18. The van der Waals surface area contributed by atoms with Gasteiger partial charge in [0, 0.05) is 36.3 Å². The molecule has 3 aromatic rings. The lowest BCUT2D eigenvalue weighted by atomic mass is 10.0.